The van der Waals surface area contributed by atoms with Gasteiger partial charge in [0.1, 0.15) is 11.5 Å². The van der Waals surface area contributed by atoms with Crippen LogP contribution in [0.4, 0.5) is 13.2 Å². The van der Waals surface area contributed by atoms with Gasteiger partial charge < -0.3 is 4.74 Å². The normalized spacial score (nSPS) is 15.6. The van der Waals surface area contributed by atoms with Crippen LogP contribution in [0.1, 0.15) is 30.8 Å². The van der Waals surface area contributed by atoms with Crippen molar-refractivity contribution in [1.29, 1.82) is 0 Å². The molecule has 9 heteroatoms. The van der Waals surface area contributed by atoms with E-state index in [0.717, 1.165) is 42.9 Å². The standard InChI is InChI=1S/C21H22F3N5O/c22-17-6-1-2-7-18(17)29-21(26-20(27-29)19(23)24)30-14-15-8-11-28(12-9-15)13-16-5-3-4-10-25-16/h1-7,10,15,19H,8-9,11-14H2. The molecule has 1 aliphatic heterocycles. The van der Waals surface area contributed by atoms with E-state index in [9.17, 15) is 13.2 Å². The summed E-state index contributed by atoms with van der Waals surface area (Å²) in [6, 6.07) is 11.6. The van der Waals surface area contributed by atoms with Crippen LogP contribution in [0.15, 0.2) is 48.7 Å². The Bertz CT molecular complexity index is 958. The maximum Gasteiger partial charge on any atom is 0.320 e. The highest BCUT2D eigenvalue weighted by atomic mass is 19.3. The minimum absolute atomic E-state index is 0.0251. The van der Waals surface area contributed by atoms with Crippen molar-refractivity contribution in [1.82, 2.24) is 24.6 Å². The van der Waals surface area contributed by atoms with Crippen LogP contribution in [0.3, 0.4) is 0 Å². The third-order valence-electron chi connectivity index (χ3n) is 5.14. The van der Waals surface area contributed by atoms with Crippen molar-refractivity contribution in [2.45, 2.75) is 25.8 Å². The summed E-state index contributed by atoms with van der Waals surface area (Å²) in [4.78, 5) is 10.5. The van der Waals surface area contributed by atoms with Gasteiger partial charge in [0.2, 0.25) is 5.82 Å². The molecule has 1 saturated heterocycles. The molecule has 0 amide bonds. The lowest BCUT2D eigenvalue weighted by atomic mass is 9.98. The summed E-state index contributed by atoms with van der Waals surface area (Å²) in [7, 11) is 0. The molecule has 1 aromatic carbocycles. The van der Waals surface area contributed by atoms with Crippen LogP contribution in [0, 0.1) is 11.7 Å². The van der Waals surface area contributed by atoms with Crippen molar-refractivity contribution >= 4 is 0 Å². The number of hydrogen-bond acceptors (Lipinski definition) is 5. The molecule has 0 spiro atoms. The maximum atomic E-state index is 14.1. The average molecular weight is 417 g/mol. The van der Waals surface area contributed by atoms with Crippen molar-refractivity contribution < 1.29 is 17.9 Å². The Morgan fingerprint density at radius 1 is 1.07 bits per heavy atom. The van der Waals surface area contributed by atoms with Crippen molar-refractivity contribution in [2.24, 2.45) is 5.92 Å². The fourth-order valence-corrected chi connectivity index (χ4v) is 3.50. The lowest BCUT2D eigenvalue weighted by Crippen LogP contribution is -2.35. The van der Waals surface area contributed by atoms with E-state index < -0.39 is 18.1 Å². The molecule has 0 saturated carbocycles. The first kappa shape index (κ1) is 20.3. The van der Waals surface area contributed by atoms with Gasteiger partial charge in [-0.05, 0) is 56.1 Å². The first-order valence-electron chi connectivity index (χ1n) is 9.85. The molecule has 0 aliphatic carbocycles. The SMILES string of the molecule is Fc1ccccc1-n1nc(C(F)F)nc1OCC1CCN(Cc2ccccn2)CC1. The summed E-state index contributed by atoms with van der Waals surface area (Å²) in [5.41, 5.74) is 1.06. The number of alkyl halides is 2. The van der Waals surface area contributed by atoms with Gasteiger partial charge in [0, 0.05) is 12.7 Å². The Labute approximate surface area is 172 Å². The van der Waals surface area contributed by atoms with Crippen LogP contribution in [-0.2, 0) is 6.54 Å². The van der Waals surface area contributed by atoms with E-state index in [1.165, 1.54) is 18.2 Å². The van der Waals surface area contributed by atoms with E-state index >= 15 is 0 Å². The summed E-state index contributed by atoms with van der Waals surface area (Å²) in [5, 5.41) is 3.74. The Kier molecular flexibility index (Phi) is 6.27. The number of pyridine rings is 1. The zero-order chi connectivity index (χ0) is 20.9. The highest BCUT2D eigenvalue weighted by molar-refractivity contribution is 5.34. The third-order valence-corrected chi connectivity index (χ3v) is 5.14. The summed E-state index contributed by atoms with van der Waals surface area (Å²) < 4.78 is 47.1. The minimum Gasteiger partial charge on any atom is -0.463 e. The third kappa shape index (κ3) is 4.79. The molecule has 30 heavy (non-hydrogen) atoms. The molecule has 0 unspecified atom stereocenters. The van der Waals surface area contributed by atoms with E-state index in [4.69, 9.17) is 4.74 Å². The van der Waals surface area contributed by atoms with Crippen LogP contribution >= 0.6 is 0 Å². The topological polar surface area (TPSA) is 56.1 Å². The molecule has 0 bridgehead atoms. The van der Waals surface area contributed by atoms with E-state index in [1.807, 2.05) is 18.2 Å². The average Bonchev–Trinajstić information content (AvgIpc) is 3.19. The van der Waals surface area contributed by atoms with Crippen molar-refractivity contribution in [2.75, 3.05) is 19.7 Å². The lowest BCUT2D eigenvalue weighted by Gasteiger charge is -2.31. The summed E-state index contributed by atoms with van der Waals surface area (Å²) in [5.74, 6) is -1.01. The van der Waals surface area contributed by atoms with Gasteiger partial charge in [-0.1, -0.05) is 18.2 Å². The molecule has 3 aromatic rings. The number of benzene rings is 1. The van der Waals surface area contributed by atoms with Crippen LogP contribution < -0.4 is 4.74 Å². The zero-order valence-electron chi connectivity index (χ0n) is 16.3. The molecular weight excluding hydrogens is 395 g/mol. The van der Waals surface area contributed by atoms with Crippen LogP contribution in [0.5, 0.6) is 6.01 Å². The first-order valence-corrected chi connectivity index (χ1v) is 9.85. The molecule has 1 aliphatic rings. The zero-order valence-corrected chi connectivity index (χ0v) is 16.3. The van der Waals surface area contributed by atoms with Gasteiger partial charge in [0.25, 0.3) is 6.43 Å². The Balaban J connectivity index is 1.38. The maximum absolute atomic E-state index is 14.1. The summed E-state index contributed by atoms with van der Waals surface area (Å²) in [6.45, 7) is 2.90. The monoisotopic (exact) mass is 417 g/mol. The van der Waals surface area contributed by atoms with Crippen LogP contribution in [0.2, 0.25) is 0 Å². The Hall–Kier alpha value is -2.94. The Morgan fingerprint density at radius 3 is 2.53 bits per heavy atom. The molecule has 0 atom stereocenters. The number of aromatic nitrogens is 4. The van der Waals surface area contributed by atoms with Gasteiger partial charge in [0.05, 0.1) is 12.3 Å². The highest BCUT2D eigenvalue weighted by Gasteiger charge is 2.24. The quantitative estimate of drug-likeness (QED) is 0.581. The molecule has 6 nitrogen and oxygen atoms in total. The fraction of sp³-hybridized carbons (Fsp3) is 0.381. The molecule has 0 radical (unpaired) electrons. The van der Waals surface area contributed by atoms with Crippen LogP contribution in [0.25, 0.3) is 5.69 Å². The number of halogens is 3. The molecule has 4 rings (SSSR count). The second kappa shape index (κ2) is 9.25. The largest absolute Gasteiger partial charge is 0.463 e. The molecule has 1 fully saturated rings. The number of nitrogens with zero attached hydrogens (tertiary/aromatic N) is 5. The second-order valence-corrected chi connectivity index (χ2v) is 7.27. The van der Waals surface area contributed by atoms with Gasteiger partial charge >= 0.3 is 6.01 Å². The van der Waals surface area contributed by atoms with E-state index in [-0.39, 0.29) is 17.6 Å². The number of hydrogen-bond donors (Lipinski definition) is 0. The molecule has 3 heterocycles. The fourth-order valence-electron chi connectivity index (χ4n) is 3.50. The predicted octanol–water partition coefficient (Wildman–Crippen LogP) is 4.03. The van der Waals surface area contributed by atoms with Gasteiger partial charge in [-0.2, -0.15) is 9.67 Å². The van der Waals surface area contributed by atoms with E-state index in [1.54, 1.807) is 12.3 Å². The number of piperidine rings is 1. The summed E-state index contributed by atoms with van der Waals surface area (Å²) >= 11 is 0. The van der Waals surface area contributed by atoms with Gasteiger partial charge in [0.15, 0.2) is 0 Å². The number of ether oxygens (including phenoxy) is 1. The van der Waals surface area contributed by atoms with E-state index in [0.29, 0.717) is 6.61 Å². The van der Waals surface area contributed by atoms with Crippen molar-refractivity contribution in [3.05, 3.63) is 66.0 Å². The molecule has 0 N–H and O–H groups in total. The van der Waals surface area contributed by atoms with Crippen LogP contribution in [-0.4, -0.2) is 44.3 Å². The number of rotatable bonds is 7. The lowest BCUT2D eigenvalue weighted by molar-refractivity contribution is 0.128. The second-order valence-electron chi connectivity index (χ2n) is 7.27. The van der Waals surface area contributed by atoms with E-state index in [2.05, 4.69) is 20.0 Å². The van der Waals surface area contributed by atoms with Gasteiger partial charge in [-0.15, -0.1) is 5.10 Å². The number of para-hydroxylation sites is 1. The van der Waals surface area contributed by atoms with Crippen molar-refractivity contribution in [3.63, 3.8) is 0 Å². The molecule has 158 valence electrons. The number of likely N-dealkylation sites (tertiary alicyclic amines) is 1. The van der Waals surface area contributed by atoms with Crippen molar-refractivity contribution in [3.8, 4) is 11.7 Å². The minimum atomic E-state index is -2.87. The molecular formula is C21H22F3N5O. The predicted molar refractivity (Wildman–Crippen MR) is 104 cm³/mol. The smallest absolute Gasteiger partial charge is 0.320 e. The van der Waals surface area contributed by atoms with Gasteiger partial charge in [-0.3, -0.25) is 9.88 Å². The first-order chi connectivity index (χ1) is 14.6. The molecule has 2 aromatic heterocycles. The summed E-state index contributed by atoms with van der Waals surface area (Å²) in [6.07, 6.45) is 0.732. The Morgan fingerprint density at radius 2 is 1.83 bits per heavy atom. The highest BCUT2D eigenvalue weighted by Crippen LogP contribution is 2.25. The van der Waals surface area contributed by atoms with Gasteiger partial charge in [-0.25, -0.2) is 13.2 Å².